The predicted octanol–water partition coefficient (Wildman–Crippen LogP) is 2.36. The van der Waals surface area contributed by atoms with Gasteiger partial charge in [0.25, 0.3) is 0 Å². The number of carboxylic acids is 1. The largest absolute Gasteiger partial charge is 0.480 e. The van der Waals surface area contributed by atoms with E-state index in [0.717, 1.165) is 32.1 Å². The molecule has 7 nitrogen and oxygen atoms in total. The van der Waals surface area contributed by atoms with Gasteiger partial charge in [0.05, 0.1) is 12.6 Å². The van der Waals surface area contributed by atoms with E-state index < -0.39 is 24.1 Å². The van der Waals surface area contributed by atoms with Crippen molar-refractivity contribution in [3.63, 3.8) is 0 Å². The molecule has 1 saturated heterocycles. The van der Waals surface area contributed by atoms with Crippen molar-refractivity contribution < 1.29 is 24.2 Å². The summed E-state index contributed by atoms with van der Waals surface area (Å²) in [7, 11) is 0. The Morgan fingerprint density at radius 2 is 1.89 bits per heavy atom. The highest BCUT2D eigenvalue weighted by molar-refractivity contribution is 5.88. The van der Waals surface area contributed by atoms with Crippen LogP contribution in [-0.4, -0.2) is 58.6 Å². The summed E-state index contributed by atoms with van der Waals surface area (Å²) in [6.45, 7) is 5.72. The fourth-order valence-corrected chi connectivity index (χ4v) is 4.39. The maximum absolute atomic E-state index is 13.1. The van der Waals surface area contributed by atoms with E-state index in [-0.39, 0.29) is 36.2 Å². The Bertz CT molecular complexity index is 530. The lowest BCUT2D eigenvalue weighted by molar-refractivity contribution is -0.152. The van der Waals surface area contributed by atoms with Crippen LogP contribution in [0.5, 0.6) is 0 Å². The molecule has 1 saturated carbocycles. The zero-order chi connectivity index (χ0) is 19.3. The molecule has 2 rings (SSSR count). The third kappa shape index (κ3) is 5.57. The Balaban J connectivity index is 0.00000364. The second-order valence-corrected chi connectivity index (χ2v) is 7.43. The summed E-state index contributed by atoms with van der Waals surface area (Å²) < 4.78 is 5.09. The number of halogens is 1. The van der Waals surface area contributed by atoms with Crippen LogP contribution in [0.2, 0.25) is 0 Å². The number of aliphatic carboxylic acids is 1. The lowest BCUT2D eigenvalue weighted by atomic mass is 9.84. The molecule has 1 amide bonds. The number of fused-ring (bicyclic) bond motifs is 1. The molecule has 1 heterocycles. The molecule has 0 aromatic heterocycles. The highest BCUT2D eigenvalue weighted by Gasteiger charge is 2.48. The van der Waals surface area contributed by atoms with Crippen LogP contribution in [0.4, 0.5) is 0 Å². The molecule has 1 aliphatic heterocycles. The lowest BCUT2D eigenvalue weighted by Crippen LogP contribution is -2.55. The van der Waals surface area contributed by atoms with E-state index in [1.165, 1.54) is 0 Å². The zero-order valence-electron chi connectivity index (χ0n) is 16.5. The number of rotatable bonds is 8. The first-order valence-electron chi connectivity index (χ1n) is 9.88. The first-order valence-corrected chi connectivity index (χ1v) is 9.88. The third-order valence-electron chi connectivity index (χ3n) is 5.60. The van der Waals surface area contributed by atoms with Gasteiger partial charge in [0, 0.05) is 6.04 Å². The number of carbonyl (C=O) groups is 3. The Hall–Kier alpha value is -1.34. The van der Waals surface area contributed by atoms with E-state index in [1.807, 2.05) is 6.92 Å². The monoisotopic (exact) mass is 404 g/mol. The molecule has 0 bridgehead atoms. The minimum absolute atomic E-state index is 0. The van der Waals surface area contributed by atoms with Crippen molar-refractivity contribution >= 4 is 30.3 Å². The summed E-state index contributed by atoms with van der Waals surface area (Å²) in [6, 6.07) is -1.92. The van der Waals surface area contributed by atoms with Crippen molar-refractivity contribution in [2.45, 2.75) is 89.9 Å². The molecule has 8 heteroatoms. The summed E-state index contributed by atoms with van der Waals surface area (Å²) in [4.78, 5) is 38.5. The molecule has 156 valence electrons. The van der Waals surface area contributed by atoms with Crippen molar-refractivity contribution in [2.24, 2.45) is 5.92 Å². The van der Waals surface area contributed by atoms with Crippen LogP contribution >= 0.6 is 12.4 Å². The second kappa shape index (κ2) is 10.9. The number of carbonyl (C=O) groups excluding carboxylic acids is 2. The van der Waals surface area contributed by atoms with Gasteiger partial charge in [-0.25, -0.2) is 4.79 Å². The number of hydrogen-bond acceptors (Lipinski definition) is 5. The van der Waals surface area contributed by atoms with E-state index in [9.17, 15) is 19.5 Å². The van der Waals surface area contributed by atoms with E-state index in [2.05, 4.69) is 5.32 Å². The molecule has 1 aliphatic carbocycles. The van der Waals surface area contributed by atoms with E-state index in [1.54, 1.807) is 18.7 Å². The smallest absolute Gasteiger partial charge is 0.326 e. The summed E-state index contributed by atoms with van der Waals surface area (Å²) in [5.41, 5.74) is 0. The summed E-state index contributed by atoms with van der Waals surface area (Å²) in [5, 5.41) is 12.7. The quantitative estimate of drug-likeness (QED) is 0.603. The Labute approximate surface area is 167 Å². The molecular weight excluding hydrogens is 372 g/mol. The van der Waals surface area contributed by atoms with Gasteiger partial charge in [-0.3, -0.25) is 14.9 Å². The van der Waals surface area contributed by atoms with Crippen LogP contribution in [0.3, 0.4) is 0 Å². The average molecular weight is 405 g/mol. The van der Waals surface area contributed by atoms with Crippen molar-refractivity contribution in [3.8, 4) is 0 Å². The van der Waals surface area contributed by atoms with E-state index >= 15 is 0 Å². The van der Waals surface area contributed by atoms with Gasteiger partial charge in [-0.1, -0.05) is 26.2 Å². The van der Waals surface area contributed by atoms with Gasteiger partial charge < -0.3 is 14.7 Å². The standard InChI is InChI=1S/C19H32N2O5.ClH/c1-4-8-14(19(25)26-5-2)20-12(3)17(22)21-15-10-7-6-9-13(15)11-16(21)18(23)24;/h12-16,20H,4-11H2,1-3H3,(H,23,24);1H/t12-,13-,14-,15-,16-;/m0./s1. The van der Waals surface area contributed by atoms with Crippen molar-refractivity contribution in [3.05, 3.63) is 0 Å². The maximum atomic E-state index is 13.1. The topological polar surface area (TPSA) is 95.9 Å². The molecule has 0 aromatic rings. The Morgan fingerprint density at radius 1 is 1.22 bits per heavy atom. The molecule has 0 aromatic carbocycles. The number of carboxylic acid groups (broad SMARTS) is 1. The molecule has 2 fully saturated rings. The number of likely N-dealkylation sites (tertiary alicyclic amines) is 1. The molecule has 0 radical (unpaired) electrons. The second-order valence-electron chi connectivity index (χ2n) is 7.43. The zero-order valence-corrected chi connectivity index (χ0v) is 17.3. The summed E-state index contributed by atoms with van der Waals surface area (Å²) in [5.74, 6) is -1.24. The summed E-state index contributed by atoms with van der Waals surface area (Å²) in [6.07, 6.45) is 5.87. The van der Waals surface area contributed by atoms with Crippen LogP contribution in [0.15, 0.2) is 0 Å². The van der Waals surface area contributed by atoms with Crippen LogP contribution in [-0.2, 0) is 19.1 Å². The maximum Gasteiger partial charge on any atom is 0.326 e. The number of nitrogens with one attached hydrogen (secondary N) is 1. The normalized spacial score (nSPS) is 26.5. The van der Waals surface area contributed by atoms with Crippen molar-refractivity contribution in [1.82, 2.24) is 10.2 Å². The fourth-order valence-electron chi connectivity index (χ4n) is 4.39. The molecule has 0 unspecified atom stereocenters. The highest BCUT2D eigenvalue weighted by Crippen LogP contribution is 2.40. The van der Waals surface area contributed by atoms with Crippen LogP contribution in [0.25, 0.3) is 0 Å². The third-order valence-corrected chi connectivity index (χ3v) is 5.60. The number of esters is 1. The Kier molecular flexibility index (Phi) is 9.53. The highest BCUT2D eigenvalue weighted by atomic mass is 35.5. The van der Waals surface area contributed by atoms with Gasteiger partial charge >= 0.3 is 11.9 Å². The Morgan fingerprint density at radius 3 is 2.48 bits per heavy atom. The van der Waals surface area contributed by atoms with Crippen LogP contribution in [0.1, 0.15) is 65.7 Å². The van der Waals surface area contributed by atoms with Crippen LogP contribution in [0, 0.1) is 5.92 Å². The van der Waals surface area contributed by atoms with Gasteiger partial charge in [-0.05, 0) is 45.4 Å². The molecule has 2 aliphatic rings. The number of hydrogen-bond donors (Lipinski definition) is 2. The SMILES string of the molecule is CCC[C@H](N[C@@H](C)C(=O)N1[C@H](C(=O)O)C[C@@H]2CCCC[C@@H]21)C(=O)OCC.Cl. The molecule has 2 N–H and O–H groups in total. The lowest BCUT2D eigenvalue weighted by Gasteiger charge is -2.35. The molecule has 27 heavy (non-hydrogen) atoms. The first-order chi connectivity index (χ1) is 12.4. The predicted molar refractivity (Wildman–Crippen MR) is 104 cm³/mol. The number of nitrogens with zero attached hydrogens (tertiary/aromatic N) is 1. The number of amides is 1. The average Bonchev–Trinajstić information content (AvgIpc) is 3.00. The van der Waals surface area contributed by atoms with E-state index in [0.29, 0.717) is 19.4 Å². The molecule has 5 atom stereocenters. The minimum atomic E-state index is -0.935. The summed E-state index contributed by atoms with van der Waals surface area (Å²) >= 11 is 0. The van der Waals surface area contributed by atoms with Gasteiger partial charge in [0.15, 0.2) is 0 Å². The van der Waals surface area contributed by atoms with Gasteiger partial charge in [-0.2, -0.15) is 0 Å². The minimum Gasteiger partial charge on any atom is -0.480 e. The van der Waals surface area contributed by atoms with Crippen LogP contribution < -0.4 is 5.32 Å². The molecule has 0 spiro atoms. The van der Waals surface area contributed by atoms with Crippen molar-refractivity contribution in [2.75, 3.05) is 6.61 Å². The molecular formula is C19H33ClN2O5. The first kappa shape index (κ1) is 23.7. The number of ether oxygens (including phenoxy) is 1. The van der Waals surface area contributed by atoms with Gasteiger partial charge in [0.2, 0.25) is 5.91 Å². The van der Waals surface area contributed by atoms with E-state index in [4.69, 9.17) is 4.74 Å². The van der Waals surface area contributed by atoms with Gasteiger partial charge in [0.1, 0.15) is 12.1 Å². The fraction of sp³-hybridized carbons (Fsp3) is 0.842. The van der Waals surface area contributed by atoms with Gasteiger partial charge in [-0.15, -0.1) is 12.4 Å². The van der Waals surface area contributed by atoms with Crippen molar-refractivity contribution in [1.29, 1.82) is 0 Å².